The SMILES string of the molecule is c1ccc(-c2ccc(C(c3ccccc3)c3cccc4c3sc3ccccc34)c3cc(C(c4ccccc4)c4cccc5c4sc4ccccc45)cc(-c4ccccc4)c23)cc1. The predicted molar refractivity (Wildman–Crippen MR) is 268 cm³/mol. The second-order valence-corrected chi connectivity index (χ2v) is 18.4. The number of fused-ring (bicyclic) bond motifs is 7. The molecule has 62 heavy (non-hydrogen) atoms. The molecule has 0 N–H and O–H groups in total. The highest BCUT2D eigenvalue weighted by Crippen LogP contribution is 2.50. The van der Waals surface area contributed by atoms with Crippen molar-refractivity contribution in [3.63, 3.8) is 0 Å². The van der Waals surface area contributed by atoms with Crippen molar-refractivity contribution in [3.05, 3.63) is 264 Å². The molecular formula is C60H40S2. The first-order valence-corrected chi connectivity index (χ1v) is 23.0. The fraction of sp³-hybridized carbons (Fsp3) is 0.0333. The van der Waals surface area contributed by atoms with E-state index in [9.17, 15) is 0 Å². The Morgan fingerprint density at radius 3 is 1.29 bits per heavy atom. The van der Waals surface area contributed by atoms with Crippen LogP contribution in [0.25, 0.3) is 73.4 Å². The predicted octanol–water partition coefficient (Wildman–Crippen LogP) is 17.3. The van der Waals surface area contributed by atoms with Gasteiger partial charge in [-0.1, -0.05) is 206 Å². The summed E-state index contributed by atoms with van der Waals surface area (Å²) in [6.45, 7) is 0. The van der Waals surface area contributed by atoms with Crippen molar-refractivity contribution in [2.24, 2.45) is 0 Å². The highest BCUT2D eigenvalue weighted by molar-refractivity contribution is 7.26. The summed E-state index contributed by atoms with van der Waals surface area (Å²) in [7, 11) is 0. The standard InChI is InChI=1S/C60H40S2/c1-5-19-39(20-6-1)44-35-36-47(57(42-25-11-4-12-26-42)51-32-18-30-49-46-28-14-16-34-55(46)62-60(49)51)53-38-43(37-52(58(44)53)40-21-7-2-8-22-40)56(41-23-9-3-10-24-41)50-31-17-29-48-45-27-13-15-33-54(45)61-59(48)50/h1-38,56-57H. The van der Waals surface area contributed by atoms with Crippen molar-refractivity contribution < 1.29 is 0 Å². The molecule has 10 aromatic carbocycles. The van der Waals surface area contributed by atoms with Crippen LogP contribution in [0.3, 0.4) is 0 Å². The van der Waals surface area contributed by atoms with Gasteiger partial charge < -0.3 is 0 Å². The highest BCUT2D eigenvalue weighted by Gasteiger charge is 2.28. The van der Waals surface area contributed by atoms with Crippen molar-refractivity contribution in [3.8, 4) is 22.3 Å². The van der Waals surface area contributed by atoms with Crippen LogP contribution in [0.15, 0.2) is 231 Å². The molecule has 0 saturated carbocycles. The van der Waals surface area contributed by atoms with Crippen LogP contribution in [-0.4, -0.2) is 0 Å². The van der Waals surface area contributed by atoms with Crippen LogP contribution >= 0.6 is 22.7 Å². The Labute approximate surface area is 369 Å². The summed E-state index contributed by atoms with van der Waals surface area (Å²) in [5.74, 6) is -0.0466. The van der Waals surface area contributed by atoms with Crippen LogP contribution in [0.4, 0.5) is 0 Å². The summed E-state index contributed by atoms with van der Waals surface area (Å²) in [6.07, 6.45) is 0. The first-order chi connectivity index (χ1) is 30.8. The number of hydrogen-bond donors (Lipinski definition) is 0. The van der Waals surface area contributed by atoms with E-state index in [1.54, 1.807) is 0 Å². The second kappa shape index (κ2) is 15.4. The van der Waals surface area contributed by atoms with Crippen LogP contribution < -0.4 is 0 Å². The molecule has 2 unspecified atom stereocenters. The maximum absolute atomic E-state index is 2.56. The van der Waals surface area contributed by atoms with E-state index in [0.717, 1.165) is 0 Å². The topological polar surface area (TPSA) is 0 Å². The van der Waals surface area contributed by atoms with E-state index >= 15 is 0 Å². The van der Waals surface area contributed by atoms with Gasteiger partial charge in [0.1, 0.15) is 0 Å². The Kier molecular flexibility index (Phi) is 9.13. The maximum atomic E-state index is 2.56. The monoisotopic (exact) mass is 824 g/mol. The Hall–Kier alpha value is -7.10. The summed E-state index contributed by atoms with van der Waals surface area (Å²) in [4.78, 5) is 0. The van der Waals surface area contributed by atoms with Gasteiger partial charge in [0.05, 0.1) is 0 Å². The van der Waals surface area contributed by atoms with Crippen molar-refractivity contribution >= 4 is 73.8 Å². The summed E-state index contributed by atoms with van der Waals surface area (Å²) in [6, 6.07) is 86.0. The third kappa shape index (κ3) is 6.18. The fourth-order valence-electron chi connectivity index (χ4n) is 10.0. The van der Waals surface area contributed by atoms with Crippen LogP contribution in [0, 0.1) is 0 Å². The van der Waals surface area contributed by atoms with E-state index in [2.05, 4.69) is 231 Å². The number of rotatable bonds is 8. The zero-order valence-corrected chi connectivity index (χ0v) is 35.5. The summed E-state index contributed by atoms with van der Waals surface area (Å²) < 4.78 is 5.34. The first-order valence-electron chi connectivity index (χ1n) is 21.4. The Bertz CT molecular complexity index is 3560. The third-order valence-corrected chi connectivity index (χ3v) is 15.2. The fourth-order valence-corrected chi connectivity index (χ4v) is 12.5. The van der Waals surface area contributed by atoms with Crippen LogP contribution in [-0.2, 0) is 0 Å². The van der Waals surface area contributed by atoms with Gasteiger partial charge in [-0.3, -0.25) is 0 Å². The summed E-state index contributed by atoms with van der Waals surface area (Å²) >= 11 is 3.83. The molecule has 292 valence electrons. The largest absolute Gasteiger partial charge is 0.135 e. The van der Waals surface area contributed by atoms with E-state index in [0.29, 0.717) is 0 Å². The normalized spacial score (nSPS) is 12.7. The maximum Gasteiger partial charge on any atom is 0.0397 e. The Balaban J connectivity index is 1.23. The van der Waals surface area contributed by atoms with Crippen LogP contribution in [0.2, 0.25) is 0 Å². The lowest BCUT2D eigenvalue weighted by Gasteiger charge is -2.26. The van der Waals surface area contributed by atoms with Gasteiger partial charge in [0.25, 0.3) is 0 Å². The molecule has 0 fully saturated rings. The van der Waals surface area contributed by atoms with Crippen LogP contribution in [0.1, 0.15) is 45.2 Å². The van der Waals surface area contributed by atoms with Gasteiger partial charge >= 0.3 is 0 Å². The van der Waals surface area contributed by atoms with Gasteiger partial charge in [0.15, 0.2) is 0 Å². The smallest absolute Gasteiger partial charge is 0.0397 e. The van der Waals surface area contributed by atoms with Gasteiger partial charge in [-0.25, -0.2) is 0 Å². The molecule has 2 aromatic heterocycles. The molecule has 0 spiro atoms. The lowest BCUT2D eigenvalue weighted by atomic mass is 9.77. The number of thiophene rings is 2. The molecule has 2 heterocycles. The van der Waals surface area contributed by atoms with E-state index < -0.39 is 0 Å². The molecule has 0 saturated heterocycles. The second-order valence-electron chi connectivity index (χ2n) is 16.3. The summed E-state index contributed by atoms with van der Waals surface area (Å²) in [5.41, 5.74) is 12.7. The lowest BCUT2D eigenvalue weighted by molar-refractivity contribution is 0.987. The molecular weight excluding hydrogens is 785 g/mol. The van der Waals surface area contributed by atoms with E-state index in [-0.39, 0.29) is 11.8 Å². The van der Waals surface area contributed by atoms with E-state index in [1.165, 1.54) is 107 Å². The molecule has 0 radical (unpaired) electrons. The number of benzene rings is 10. The van der Waals surface area contributed by atoms with Gasteiger partial charge in [0.2, 0.25) is 0 Å². The van der Waals surface area contributed by atoms with Crippen molar-refractivity contribution in [2.45, 2.75) is 11.8 Å². The molecule has 2 atom stereocenters. The molecule has 12 aromatic rings. The molecule has 0 aliphatic carbocycles. The molecule has 0 aliphatic heterocycles. The average Bonchev–Trinajstić information content (AvgIpc) is 3.93. The zero-order valence-electron chi connectivity index (χ0n) is 33.9. The molecule has 12 rings (SSSR count). The third-order valence-electron chi connectivity index (χ3n) is 12.7. The minimum Gasteiger partial charge on any atom is -0.135 e. The molecule has 0 amide bonds. The molecule has 0 nitrogen and oxygen atoms in total. The minimum absolute atomic E-state index is 0.0192. The Morgan fingerprint density at radius 2 is 0.726 bits per heavy atom. The van der Waals surface area contributed by atoms with E-state index in [4.69, 9.17) is 0 Å². The van der Waals surface area contributed by atoms with Crippen LogP contribution in [0.5, 0.6) is 0 Å². The molecule has 0 aliphatic rings. The van der Waals surface area contributed by atoms with Crippen molar-refractivity contribution in [2.75, 3.05) is 0 Å². The van der Waals surface area contributed by atoms with Gasteiger partial charge in [-0.2, -0.15) is 0 Å². The zero-order chi connectivity index (χ0) is 41.0. The van der Waals surface area contributed by atoms with Crippen molar-refractivity contribution in [1.29, 1.82) is 0 Å². The van der Waals surface area contributed by atoms with Gasteiger partial charge in [-0.05, 0) is 90.7 Å². The van der Waals surface area contributed by atoms with Gasteiger partial charge in [-0.15, -0.1) is 22.7 Å². The van der Waals surface area contributed by atoms with Crippen molar-refractivity contribution in [1.82, 2.24) is 0 Å². The summed E-state index contributed by atoms with van der Waals surface area (Å²) in [5, 5.41) is 7.83. The lowest BCUT2D eigenvalue weighted by Crippen LogP contribution is -2.08. The average molecular weight is 825 g/mol. The minimum atomic E-state index is -0.0274. The highest BCUT2D eigenvalue weighted by atomic mass is 32.1. The molecule has 2 heteroatoms. The quantitative estimate of drug-likeness (QED) is 0.134. The Morgan fingerprint density at radius 1 is 0.274 bits per heavy atom. The van der Waals surface area contributed by atoms with E-state index in [1.807, 2.05) is 22.7 Å². The first kappa shape index (κ1) is 36.7. The molecule has 0 bridgehead atoms. The number of hydrogen-bond acceptors (Lipinski definition) is 2. The van der Waals surface area contributed by atoms with Gasteiger partial charge in [0, 0.05) is 52.2 Å².